The SMILES string of the molecule is CCN1CCC[C@H](CNC(=O)CCNC(=O)CNC(=O)CC(c2ccccc2)(c2ccccc2)c2ccccc2)C1. The minimum atomic E-state index is -0.727. The molecule has 0 unspecified atom stereocenters. The number of amides is 3. The molecule has 0 aromatic heterocycles. The van der Waals surface area contributed by atoms with E-state index in [4.69, 9.17) is 0 Å². The summed E-state index contributed by atoms with van der Waals surface area (Å²) in [4.78, 5) is 40.6. The number of carbonyl (C=O) groups excluding carboxylic acids is 3. The molecule has 1 fully saturated rings. The van der Waals surface area contributed by atoms with Gasteiger partial charge in [0.05, 0.1) is 12.0 Å². The average molecular weight is 555 g/mol. The van der Waals surface area contributed by atoms with Crippen LogP contribution in [-0.4, -0.2) is 61.9 Å². The number of nitrogens with zero attached hydrogens (tertiary/aromatic N) is 1. The van der Waals surface area contributed by atoms with Crippen molar-refractivity contribution >= 4 is 17.7 Å². The van der Waals surface area contributed by atoms with Gasteiger partial charge in [0.2, 0.25) is 17.7 Å². The van der Waals surface area contributed by atoms with E-state index in [1.807, 2.05) is 91.0 Å². The molecule has 3 aromatic rings. The minimum Gasteiger partial charge on any atom is -0.356 e. The lowest BCUT2D eigenvalue weighted by atomic mass is 9.67. The lowest BCUT2D eigenvalue weighted by molar-refractivity contribution is -0.126. The van der Waals surface area contributed by atoms with Gasteiger partial charge in [-0.3, -0.25) is 14.4 Å². The molecule has 4 rings (SSSR count). The molecule has 0 saturated carbocycles. The van der Waals surface area contributed by atoms with Crippen LogP contribution in [0.25, 0.3) is 0 Å². The van der Waals surface area contributed by atoms with Crippen LogP contribution in [0, 0.1) is 5.92 Å². The first-order chi connectivity index (χ1) is 20.0. The Morgan fingerprint density at radius 2 is 1.32 bits per heavy atom. The second kappa shape index (κ2) is 15.1. The smallest absolute Gasteiger partial charge is 0.239 e. The zero-order valence-corrected chi connectivity index (χ0v) is 24.0. The topological polar surface area (TPSA) is 90.5 Å². The third-order valence-electron chi connectivity index (χ3n) is 7.98. The lowest BCUT2D eigenvalue weighted by Gasteiger charge is -2.35. The van der Waals surface area contributed by atoms with E-state index in [2.05, 4.69) is 27.8 Å². The normalized spacial score (nSPS) is 15.6. The van der Waals surface area contributed by atoms with E-state index >= 15 is 0 Å². The maximum absolute atomic E-state index is 13.4. The van der Waals surface area contributed by atoms with Crippen molar-refractivity contribution in [2.24, 2.45) is 5.92 Å². The largest absolute Gasteiger partial charge is 0.356 e. The van der Waals surface area contributed by atoms with Crippen molar-refractivity contribution in [2.45, 2.75) is 38.0 Å². The van der Waals surface area contributed by atoms with Gasteiger partial charge in [0, 0.05) is 32.5 Å². The van der Waals surface area contributed by atoms with Gasteiger partial charge in [-0.2, -0.15) is 0 Å². The van der Waals surface area contributed by atoms with Crippen LogP contribution in [0.2, 0.25) is 0 Å². The van der Waals surface area contributed by atoms with Crippen molar-refractivity contribution in [1.82, 2.24) is 20.9 Å². The van der Waals surface area contributed by atoms with Crippen LogP contribution in [0.1, 0.15) is 49.3 Å². The van der Waals surface area contributed by atoms with E-state index in [9.17, 15) is 14.4 Å². The Bertz CT molecular complexity index is 1150. The van der Waals surface area contributed by atoms with E-state index in [0.29, 0.717) is 12.5 Å². The molecule has 0 spiro atoms. The Morgan fingerprint density at radius 1 is 0.756 bits per heavy atom. The van der Waals surface area contributed by atoms with Crippen molar-refractivity contribution in [2.75, 3.05) is 39.3 Å². The number of benzene rings is 3. The van der Waals surface area contributed by atoms with E-state index in [0.717, 1.165) is 42.7 Å². The molecule has 3 aromatic carbocycles. The van der Waals surface area contributed by atoms with E-state index < -0.39 is 5.41 Å². The predicted molar refractivity (Wildman–Crippen MR) is 162 cm³/mol. The molecule has 3 amide bonds. The fraction of sp³-hybridized carbons (Fsp3) is 0.382. The Kier molecular flexibility index (Phi) is 11.1. The minimum absolute atomic E-state index is 0.0682. The highest BCUT2D eigenvalue weighted by Crippen LogP contribution is 2.42. The first-order valence-corrected chi connectivity index (χ1v) is 14.7. The van der Waals surface area contributed by atoms with Crippen LogP contribution in [0.5, 0.6) is 0 Å². The number of likely N-dealkylation sites (tertiary alicyclic amines) is 1. The van der Waals surface area contributed by atoms with Crippen molar-refractivity contribution in [3.8, 4) is 0 Å². The first-order valence-electron chi connectivity index (χ1n) is 14.7. The highest BCUT2D eigenvalue weighted by Gasteiger charge is 2.38. The summed E-state index contributed by atoms with van der Waals surface area (Å²) in [6.07, 6.45) is 2.65. The fourth-order valence-corrected chi connectivity index (χ4v) is 5.79. The van der Waals surface area contributed by atoms with Gasteiger partial charge in [0.25, 0.3) is 0 Å². The number of carbonyl (C=O) groups is 3. The maximum Gasteiger partial charge on any atom is 0.239 e. The summed E-state index contributed by atoms with van der Waals surface area (Å²) in [5.74, 6) is -0.140. The van der Waals surface area contributed by atoms with Crippen molar-refractivity contribution in [3.63, 3.8) is 0 Å². The number of nitrogens with one attached hydrogen (secondary N) is 3. The van der Waals surface area contributed by atoms with Crippen LogP contribution in [0.3, 0.4) is 0 Å². The molecule has 0 bridgehead atoms. The summed E-state index contributed by atoms with van der Waals surface area (Å²) in [5, 5.41) is 8.57. The van der Waals surface area contributed by atoms with E-state index in [1.54, 1.807) is 0 Å². The van der Waals surface area contributed by atoms with Crippen molar-refractivity contribution in [3.05, 3.63) is 108 Å². The molecule has 1 saturated heterocycles. The molecular formula is C34H42N4O3. The molecule has 1 heterocycles. The molecule has 0 radical (unpaired) electrons. The van der Waals surface area contributed by atoms with Gasteiger partial charge >= 0.3 is 0 Å². The third kappa shape index (κ3) is 8.27. The molecule has 0 aliphatic carbocycles. The highest BCUT2D eigenvalue weighted by molar-refractivity contribution is 5.86. The molecule has 41 heavy (non-hydrogen) atoms. The number of rotatable bonds is 13. The van der Waals surface area contributed by atoms with Crippen LogP contribution in [0.4, 0.5) is 0 Å². The van der Waals surface area contributed by atoms with Crippen molar-refractivity contribution < 1.29 is 14.4 Å². The van der Waals surface area contributed by atoms with Gasteiger partial charge in [0.15, 0.2) is 0 Å². The van der Waals surface area contributed by atoms with Crippen LogP contribution >= 0.6 is 0 Å². The van der Waals surface area contributed by atoms with Gasteiger partial charge in [-0.1, -0.05) is 97.9 Å². The quantitative estimate of drug-likeness (QED) is 0.280. The predicted octanol–water partition coefficient (Wildman–Crippen LogP) is 3.88. The van der Waals surface area contributed by atoms with E-state index in [-0.39, 0.29) is 43.7 Å². The Balaban J connectivity index is 1.31. The van der Waals surface area contributed by atoms with Crippen LogP contribution < -0.4 is 16.0 Å². The summed E-state index contributed by atoms with van der Waals surface area (Å²) in [6.45, 7) is 6.11. The molecular weight excluding hydrogens is 512 g/mol. The van der Waals surface area contributed by atoms with Crippen LogP contribution in [0.15, 0.2) is 91.0 Å². The molecule has 1 aliphatic rings. The summed E-state index contributed by atoms with van der Waals surface area (Å²) in [6, 6.07) is 30.0. The Labute approximate surface area is 243 Å². The molecule has 7 nitrogen and oxygen atoms in total. The summed E-state index contributed by atoms with van der Waals surface area (Å²) >= 11 is 0. The second-order valence-electron chi connectivity index (χ2n) is 10.8. The van der Waals surface area contributed by atoms with Crippen molar-refractivity contribution in [1.29, 1.82) is 0 Å². The Hall–Kier alpha value is -3.97. The van der Waals surface area contributed by atoms with Crippen LogP contribution in [-0.2, 0) is 19.8 Å². The third-order valence-corrected chi connectivity index (χ3v) is 7.98. The standard InChI is InChI=1S/C34H42N4O3/c1-2-38-22-12-13-27(26-38)24-36-31(39)20-21-35-33(41)25-37-32(40)23-34(28-14-6-3-7-15-28,29-16-8-4-9-17-29)30-18-10-5-11-19-30/h3-11,14-19,27H,2,12-13,20-26H2,1H3,(H,35,41)(H,36,39)(H,37,40)/t27-/m1/s1. The molecule has 3 N–H and O–H groups in total. The highest BCUT2D eigenvalue weighted by atomic mass is 16.2. The molecule has 1 atom stereocenters. The second-order valence-corrected chi connectivity index (χ2v) is 10.8. The van der Waals surface area contributed by atoms with Gasteiger partial charge in [0.1, 0.15) is 0 Å². The first kappa shape index (κ1) is 30.0. The summed E-state index contributed by atoms with van der Waals surface area (Å²) in [7, 11) is 0. The number of hydrogen-bond acceptors (Lipinski definition) is 4. The number of hydrogen-bond donors (Lipinski definition) is 3. The lowest BCUT2D eigenvalue weighted by Crippen LogP contribution is -2.42. The number of piperidine rings is 1. The van der Waals surface area contributed by atoms with Gasteiger partial charge in [-0.25, -0.2) is 0 Å². The van der Waals surface area contributed by atoms with Gasteiger partial charge < -0.3 is 20.9 Å². The van der Waals surface area contributed by atoms with Gasteiger partial charge in [-0.15, -0.1) is 0 Å². The maximum atomic E-state index is 13.4. The molecule has 7 heteroatoms. The molecule has 216 valence electrons. The van der Waals surface area contributed by atoms with Gasteiger partial charge in [-0.05, 0) is 48.5 Å². The Morgan fingerprint density at radius 3 is 1.85 bits per heavy atom. The summed E-state index contributed by atoms with van der Waals surface area (Å²) in [5.41, 5.74) is 2.27. The zero-order chi connectivity index (χ0) is 28.9. The average Bonchev–Trinajstić information content (AvgIpc) is 3.03. The van der Waals surface area contributed by atoms with E-state index in [1.165, 1.54) is 6.42 Å². The fourth-order valence-electron chi connectivity index (χ4n) is 5.79. The monoisotopic (exact) mass is 554 g/mol. The molecule has 1 aliphatic heterocycles. The summed E-state index contributed by atoms with van der Waals surface area (Å²) < 4.78 is 0. The zero-order valence-electron chi connectivity index (χ0n) is 24.0.